The Morgan fingerprint density at radius 2 is 1.74 bits per heavy atom. The fraction of sp³-hybridized carbons (Fsp3) is 0.923. The molecule has 6 heteroatoms. The number of likely N-dealkylation sites (tertiary alicyclic amines) is 1. The van der Waals surface area contributed by atoms with Crippen molar-refractivity contribution in [3.8, 4) is 0 Å². The van der Waals surface area contributed by atoms with Crippen LogP contribution in [0.2, 0.25) is 0 Å². The lowest BCUT2D eigenvalue weighted by Crippen LogP contribution is -2.35. The zero-order chi connectivity index (χ0) is 13.7. The highest BCUT2D eigenvalue weighted by molar-refractivity contribution is 8.02. The van der Waals surface area contributed by atoms with Gasteiger partial charge in [-0.15, -0.1) is 11.8 Å². The number of nitrogens with zero attached hydrogens (tertiary/aromatic N) is 1. The van der Waals surface area contributed by atoms with Crippen molar-refractivity contribution in [2.24, 2.45) is 0 Å². The van der Waals surface area contributed by atoms with E-state index in [1.54, 1.807) is 0 Å². The fourth-order valence-electron chi connectivity index (χ4n) is 2.67. The number of hydrogen-bond acceptors (Lipinski definition) is 4. The second kappa shape index (κ2) is 6.97. The quantitative estimate of drug-likeness (QED) is 0.796. The van der Waals surface area contributed by atoms with E-state index in [0.717, 1.165) is 25.9 Å². The molecule has 4 nitrogen and oxygen atoms in total. The van der Waals surface area contributed by atoms with Gasteiger partial charge in [-0.2, -0.15) is 0 Å². The standard InChI is InChI=1S/C13H23NO3S2/c15-13(14-7-4-2-1-3-5-8-14)10-18-12-6-9-19(16,17)11-12/h12H,1-11H2/t12-/m0/s1. The van der Waals surface area contributed by atoms with E-state index in [2.05, 4.69) is 0 Å². The Balaban J connectivity index is 1.74. The van der Waals surface area contributed by atoms with Crippen LogP contribution in [0.3, 0.4) is 0 Å². The fourth-order valence-corrected chi connectivity index (χ4v) is 6.21. The Morgan fingerprint density at radius 1 is 1.11 bits per heavy atom. The lowest BCUT2D eigenvalue weighted by atomic mass is 10.1. The highest BCUT2D eigenvalue weighted by atomic mass is 32.2. The van der Waals surface area contributed by atoms with E-state index in [9.17, 15) is 13.2 Å². The average molecular weight is 305 g/mol. The van der Waals surface area contributed by atoms with Gasteiger partial charge in [-0.1, -0.05) is 19.3 Å². The van der Waals surface area contributed by atoms with Crippen LogP contribution in [0.4, 0.5) is 0 Å². The summed E-state index contributed by atoms with van der Waals surface area (Å²) < 4.78 is 22.7. The SMILES string of the molecule is O=C(CS[C@H]1CCS(=O)(=O)C1)N1CCCCCCC1. The van der Waals surface area contributed by atoms with Gasteiger partial charge in [0.1, 0.15) is 0 Å². The summed E-state index contributed by atoms with van der Waals surface area (Å²) in [6, 6.07) is 0. The van der Waals surface area contributed by atoms with Gasteiger partial charge in [0.15, 0.2) is 9.84 Å². The summed E-state index contributed by atoms with van der Waals surface area (Å²) in [5.74, 6) is 1.18. The van der Waals surface area contributed by atoms with Crippen LogP contribution in [-0.2, 0) is 14.6 Å². The molecule has 0 saturated carbocycles. The highest BCUT2D eigenvalue weighted by Crippen LogP contribution is 2.24. The minimum atomic E-state index is -2.82. The number of sulfone groups is 1. The lowest BCUT2D eigenvalue weighted by Gasteiger charge is -2.25. The van der Waals surface area contributed by atoms with Crippen molar-refractivity contribution in [3.05, 3.63) is 0 Å². The van der Waals surface area contributed by atoms with Crippen molar-refractivity contribution in [2.45, 2.75) is 43.8 Å². The van der Waals surface area contributed by atoms with Gasteiger partial charge in [0.2, 0.25) is 5.91 Å². The molecule has 0 radical (unpaired) electrons. The number of rotatable bonds is 3. The van der Waals surface area contributed by atoms with Gasteiger partial charge in [-0.05, 0) is 19.3 Å². The first kappa shape index (κ1) is 15.2. The molecule has 2 aliphatic heterocycles. The number of carbonyl (C=O) groups is 1. The van der Waals surface area contributed by atoms with Gasteiger partial charge in [-0.25, -0.2) is 8.42 Å². The van der Waals surface area contributed by atoms with Crippen LogP contribution in [0.25, 0.3) is 0 Å². The third kappa shape index (κ3) is 4.99. The van der Waals surface area contributed by atoms with Gasteiger partial charge in [0.05, 0.1) is 17.3 Å². The van der Waals surface area contributed by atoms with E-state index < -0.39 is 9.84 Å². The maximum Gasteiger partial charge on any atom is 0.232 e. The van der Waals surface area contributed by atoms with Crippen LogP contribution >= 0.6 is 11.8 Å². The van der Waals surface area contributed by atoms with Crippen LogP contribution < -0.4 is 0 Å². The van der Waals surface area contributed by atoms with E-state index >= 15 is 0 Å². The van der Waals surface area contributed by atoms with Crippen molar-refractivity contribution in [3.63, 3.8) is 0 Å². The van der Waals surface area contributed by atoms with E-state index in [-0.39, 0.29) is 16.9 Å². The summed E-state index contributed by atoms with van der Waals surface area (Å²) in [7, 11) is -2.82. The molecule has 19 heavy (non-hydrogen) atoms. The maximum absolute atomic E-state index is 12.1. The first-order valence-electron chi connectivity index (χ1n) is 7.17. The summed E-state index contributed by atoms with van der Waals surface area (Å²) in [4.78, 5) is 14.1. The van der Waals surface area contributed by atoms with Crippen LogP contribution in [0.15, 0.2) is 0 Å². The summed E-state index contributed by atoms with van der Waals surface area (Å²) >= 11 is 1.53. The lowest BCUT2D eigenvalue weighted by molar-refractivity contribution is -0.128. The summed E-state index contributed by atoms with van der Waals surface area (Å²) in [6.45, 7) is 1.75. The zero-order valence-corrected chi connectivity index (χ0v) is 13.0. The van der Waals surface area contributed by atoms with Gasteiger partial charge >= 0.3 is 0 Å². The van der Waals surface area contributed by atoms with Crippen molar-refractivity contribution in [1.82, 2.24) is 4.90 Å². The maximum atomic E-state index is 12.1. The van der Waals surface area contributed by atoms with Crippen molar-refractivity contribution in [1.29, 1.82) is 0 Å². The molecule has 2 saturated heterocycles. The number of carbonyl (C=O) groups excluding carboxylic acids is 1. The molecule has 0 aromatic carbocycles. The predicted octanol–water partition coefficient (Wildman–Crippen LogP) is 1.70. The van der Waals surface area contributed by atoms with Gasteiger partial charge in [0, 0.05) is 18.3 Å². The topological polar surface area (TPSA) is 54.5 Å². The molecular formula is C13H23NO3S2. The second-order valence-corrected chi connectivity index (χ2v) is 9.00. The normalized spacial score (nSPS) is 27.8. The summed E-state index contributed by atoms with van der Waals surface area (Å²) in [5, 5.41) is 0.128. The molecule has 0 aliphatic carbocycles. The Hall–Kier alpha value is -0.230. The van der Waals surface area contributed by atoms with Crippen molar-refractivity contribution < 1.29 is 13.2 Å². The molecule has 2 aliphatic rings. The Labute approximate surface area is 120 Å². The van der Waals surface area contributed by atoms with E-state index in [0.29, 0.717) is 17.9 Å². The molecule has 0 aromatic heterocycles. The molecular weight excluding hydrogens is 282 g/mol. The highest BCUT2D eigenvalue weighted by Gasteiger charge is 2.29. The Kier molecular flexibility index (Phi) is 5.57. The molecule has 110 valence electrons. The minimum absolute atomic E-state index is 0.128. The number of amides is 1. The van der Waals surface area contributed by atoms with Gasteiger partial charge < -0.3 is 4.90 Å². The largest absolute Gasteiger partial charge is 0.342 e. The van der Waals surface area contributed by atoms with E-state index in [4.69, 9.17) is 0 Å². The summed E-state index contributed by atoms with van der Waals surface area (Å²) in [5.41, 5.74) is 0. The van der Waals surface area contributed by atoms with Gasteiger partial charge in [0.25, 0.3) is 0 Å². The molecule has 0 N–H and O–H groups in total. The molecule has 0 bridgehead atoms. The summed E-state index contributed by atoms with van der Waals surface area (Å²) in [6.07, 6.45) is 6.65. The van der Waals surface area contributed by atoms with Crippen LogP contribution in [0.5, 0.6) is 0 Å². The zero-order valence-electron chi connectivity index (χ0n) is 11.3. The Morgan fingerprint density at radius 3 is 2.32 bits per heavy atom. The van der Waals surface area contributed by atoms with Crippen molar-refractivity contribution in [2.75, 3.05) is 30.3 Å². The molecule has 2 heterocycles. The Bertz CT molecular complexity index is 400. The monoisotopic (exact) mass is 305 g/mol. The smallest absolute Gasteiger partial charge is 0.232 e. The molecule has 2 rings (SSSR count). The van der Waals surface area contributed by atoms with Crippen LogP contribution in [0, 0.1) is 0 Å². The average Bonchev–Trinajstić information content (AvgIpc) is 2.65. The number of hydrogen-bond donors (Lipinski definition) is 0. The van der Waals surface area contributed by atoms with E-state index in [1.165, 1.54) is 31.0 Å². The molecule has 0 aromatic rings. The second-order valence-electron chi connectivity index (χ2n) is 5.48. The van der Waals surface area contributed by atoms with Gasteiger partial charge in [-0.3, -0.25) is 4.79 Å². The van der Waals surface area contributed by atoms with Crippen LogP contribution in [0.1, 0.15) is 38.5 Å². The molecule has 1 amide bonds. The van der Waals surface area contributed by atoms with E-state index in [1.807, 2.05) is 4.90 Å². The molecule has 0 unspecified atom stereocenters. The first-order chi connectivity index (χ1) is 9.07. The minimum Gasteiger partial charge on any atom is -0.342 e. The third-order valence-electron chi connectivity index (χ3n) is 3.84. The molecule has 1 atom stereocenters. The van der Waals surface area contributed by atoms with Crippen molar-refractivity contribution >= 4 is 27.5 Å². The predicted molar refractivity (Wildman–Crippen MR) is 79.2 cm³/mol. The number of thioether (sulfide) groups is 1. The van der Waals surface area contributed by atoms with Crippen LogP contribution in [-0.4, -0.2) is 54.8 Å². The first-order valence-corrected chi connectivity index (χ1v) is 10.0. The third-order valence-corrected chi connectivity index (χ3v) is 7.11. The molecule has 0 spiro atoms. The molecule has 2 fully saturated rings.